The Morgan fingerprint density at radius 1 is 1.47 bits per heavy atom. The van der Waals surface area contributed by atoms with Crippen LogP contribution < -0.4 is 0 Å². The molecule has 1 aliphatic rings. The highest BCUT2D eigenvalue weighted by molar-refractivity contribution is 5.20. The zero-order chi connectivity index (χ0) is 13.1. The van der Waals surface area contributed by atoms with Crippen LogP contribution in [-0.2, 0) is 30.9 Å². The standard InChI is InChI=1S/C14H17N3O2/c1-18-10-14-15-7-11-8-17(5-4-13(11)16-14)9-12-3-2-6-19-12/h2-3,6-7H,4-5,8-10H2,1H3. The predicted octanol–water partition coefficient (Wildman–Crippen LogP) is 1.77. The fourth-order valence-electron chi connectivity index (χ4n) is 2.37. The van der Waals surface area contributed by atoms with Gasteiger partial charge in [0.05, 0.1) is 12.8 Å². The Hall–Kier alpha value is -1.72. The second-order valence-electron chi connectivity index (χ2n) is 4.73. The number of methoxy groups -OCH3 is 1. The van der Waals surface area contributed by atoms with E-state index in [1.807, 2.05) is 18.3 Å². The summed E-state index contributed by atoms with van der Waals surface area (Å²) in [6, 6.07) is 3.93. The molecule has 5 heteroatoms. The summed E-state index contributed by atoms with van der Waals surface area (Å²) in [6.45, 7) is 3.19. The highest BCUT2D eigenvalue weighted by Crippen LogP contribution is 2.18. The number of fused-ring (bicyclic) bond motifs is 1. The minimum atomic E-state index is 0.476. The lowest BCUT2D eigenvalue weighted by Crippen LogP contribution is -2.31. The second-order valence-corrected chi connectivity index (χ2v) is 4.73. The normalized spacial score (nSPS) is 15.4. The van der Waals surface area contributed by atoms with Crippen LogP contribution in [-0.4, -0.2) is 28.5 Å². The molecule has 3 rings (SSSR count). The van der Waals surface area contributed by atoms with E-state index >= 15 is 0 Å². The number of nitrogens with zero attached hydrogens (tertiary/aromatic N) is 3. The number of ether oxygens (including phenoxy) is 1. The van der Waals surface area contributed by atoms with Crippen LogP contribution in [0, 0.1) is 0 Å². The summed E-state index contributed by atoms with van der Waals surface area (Å²) in [6.07, 6.45) is 4.59. The van der Waals surface area contributed by atoms with Gasteiger partial charge in [0.25, 0.3) is 0 Å². The quantitative estimate of drug-likeness (QED) is 0.837. The van der Waals surface area contributed by atoms with E-state index in [2.05, 4.69) is 14.9 Å². The Morgan fingerprint density at radius 3 is 3.21 bits per heavy atom. The molecule has 0 unspecified atom stereocenters. The average Bonchev–Trinajstić information content (AvgIpc) is 2.92. The number of furan rings is 1. The molecule has 0 amide bonds. The van der Waals surface area contributed by atoms with Gasteiger partial charge in [-0.05, 0) is 12.1 Å². The fourth-order valence-corrected chi connectivity index (χ4v) is 2.37. The van der Waals surface area contributed by atoms with Gasteiger partial charge < -0.3 is 9.15 Å². The van der Waals surface area contributed by atoms with Crippen LogP contribution in [0.4, 0.5) is 0 Å². The van der Waals surface area contributed by atoms with Gasteiger partial charge in [-0.3, -0.25) is 4.90 Å². The number of hydrogen-bond donors (Lipinski definition) is 0. The van der Waals surface area contributed by atoms with Gasteiger partial charge in [-0.2, -0.15) is 0 Å². The minimum absolute atomic E-state index is 0.476. The summed E-state index contributed by atoms with van der Waals surface area (Å²) in [4.78, 5) is 11.2. The van der Waals surface area contributed by atoms with Gasteiger partial charge in [0.2, 0.25) is 0 Å². The Kier molecular flexibility index (Phi) is 3.57. The van der Waals surface area contributed by atoms with Crippen molar-refractivity contribution in [2.24, 2.45) is 0 Å². The van der Waals surface area contributed by atoms with Crippen molar-refractivity contribution in [1.29, 1.82) is 0 Å². The van der Waals surface area contributed by atoms with Crippen molar-refractivity contribution in [3.63, 3.8) is 0 Å². The van der Waals surface area contributed by atoms with Gasteiger partial charge in [-0.1, -0.05) is 0 Å². The summed E-state index contributed by atoms with van der Waals surface area (Å²) >= 11 is 0. The summed E-state index contributed by atoms with van der Waals surface area (Å²) in [7, 11) is 1.66. The molecule has 0 aromatic carbocycles. The maximum absolute atomic E-state index is 5.39. The fraction of sp³-hybridized carbons (Fsp3) is 0.429. The van der Waals surface area contributed by atoms with E-state index in [1.165, 1.54) is 5.56 Å². The Bertz CT molecular complexity index is 540. The minimum Gasteiger partial charge on any atom is -0.468 e. The van der Waals surface area contributed by atoms with E-state index in [0.717, 1.165) is 43.3 Å². The van der Waals surface area contributed by atoms with E-state index < -0.39 is 0 Å². The predicted molar refractivity (Wildman–Crippen MR) is 69.3 cm³/mol. The third-order valence-electron chi connectivity index (χ3n) is 3.30. The highest BCUT2D eigenvalue weighted by atomic mass is 16.5. The van der Waals surface area contributed by atoms with E-state index in [1.54, 1.807) is 13.4 Å². The molecular formula is C14H17N3O2. The molecule has 0 N–H and O–H groups in total. The van der Waals surface area contributed by atoms with E-state index in [4.69, 9.17) is 9.15 Å². The molecular weight excluding hydrogens is 242 g/mol. The molecule has 0 radical (unpaired) electrons. The topological polar surface area (TPSA) is 51.4 Å². The first-order chi connectivity index (χ1) is 9.35. The molecule has 0 fully saturated rings. The van der Waals surface area contributed by atoms with Crippen molar-refractivity contribution >= 4 is 0 Å². The van der Waals surface area contributed by atoms with Gasteiger partial charge in [-0.15, -0.1) is 0 Å². The molecule has 1 aliphatic heterocycles. The number of aromatic nitrogens is 2. The summed E-state index contributed by atoms with van der Waals surface area (Å²) in [5.74, 6) is 1.76. The lowest BCUT2D eigenvalue weighted by atomic mass is 10.1. The summed E-state index contributed by atoms with van der Waals surface area (Å²) in [5, 5.41) is 0. The SMILES string of the molecule is COCc1ncc2c(n1)CCN(Cc1ccco1)C2. The van der Waals surface area contributed by atoms with Crippen LogP contribution in [0.15, 0.2) is 29.0 Å². The van der Waals surface area contributed by atoms with Crippen LogP contribution in [0.1, 0.15) is 22.8 Å². The van der Waals surface area contributed by atoms with Gasteiger partial charge in [0, 0.05) is 44.1 Å². The van der Waals surface area contributed by atoms with Crippen molar-refractivity contribution in [2.45, 2.75) is 26.1 Å². The van der Waals surface area contributed by atoms with Crippen LogP contribution in [0.5, 0.6) is 0 Å². The Labute approximate surface area is 112 Å². The van der Waals surface area contributed by atoms with E-state index in [-0.39, 0.29) is 0 Å². The Balaban J connectivity index is 1.70. The molecule has 100 valence electrons. The molecule has 2 aromatic rings. The smallest absolute Gasteiger partial charge is 0.154 e. The van der Waals surface area contributed by atoms with Crippen molar-refractivity contribution in [3.8, 4) is 0 Å². The lowest BCUT2D eigenvalue weighted by Gasteiger charge is -2.27. The number of rotatable bonds is 4. The molecule has 0 atom stereocenters. The van der Waals surface area contributed by atoms with Crippen LogP contribution in [0.25, 0.3) is 0 Å². The lowest BCUT2D eigenvalue weighted by molar-refractivity contribution is 0.176. The zero-order valence-electron chi connectivity index (χ0n) is 11.0. The number of hydrogen-bond acceptors (Lipinski definition) is 5. The first-order valence-electron chi connectivity index (χ1n) is 6.42. The zero-order valence-corrected chi connectivity index (χ0v) is 11.0. The third kappa shape index (κ3) is 2.83. The van der Waals surface area contributed by atoms with Crippen LogP contribution >= 0.6 is 0 Å². The molecule has 0 spiro atoms. The van der Waals surface area contributed by atoms with Gasteiger partial charge in [-0.25, -0.2) is 9.97 Å². The van der Waals surface area contributed by atoms with Gasteiger partial charge >= 0.3 is 0 Å². The van der Waals surface area contributed by atoms with Crippen molar-refractivity contribution in [3.05, 3.63) is 47.4 Å². The van der Waals surface area contributed by atoms with Gasteiger partial charge in [0.1, 0.15) is 12.4 Å². The molecule has 3 heterocycles. The monoisotopic (exact) mass is 259 g/mol. The Morgan fingerprint density at radius 2 is 2.42 bits per heavy atom. The molecule has 0 aliphatic carbocycles. The molecule has 0 saturated heterocycles. The van der Waals surface area contributed by atoms with Gasteiger partial charge in [0.15, 0.2) is 5.82 Å². The highest BCUT2D eigenvalue weighted by Gasteiger charge is 2.19. The molecule has 0 saturated carbocycles. The van der Waals surface area contributed by atoms with E-state index in [0.29, 0.717) is 6.61 Å². The van der Waals surface area contributed by atoms with Crippen molar-refractivity contribution in [2.75, 3.05) is 13.7 Å². The summed E-state index contributed by atoms with van der Waals surface area (Å²) in [5.41, 5.74) is 2.36. The second kappa shape index (κ2) is 5.50. The van der Waals surface area contributed by atoms with Crippen LogP contribution in [0.3, 0.4) is 0 Å². The maximum atomic E-state index is 5.39. The summed E-state index contributed by atoms with van der Waals surface area (Å²) < 4.78 is 10.4. The van der Waals surface area contributed by atoms with Crippen molar-refractivity contribution < 1.29 is 9.15 Å². The van der Waals surface area contributed by atoms with E-state index in [9.17, 15) is 0 Å². The third-order valence-corrected chi connectivity index (χ3v) is 3.30. The largest absolute Gasteiger partial charge is 0.468 e. The van der Waals surface area contributed by atoms with Crippen molar-refractivity contribution in [1.82, 2.24) is 14.9 Å². The van der Waals surface area contributed by atoms with Crippen LogP contribution in [0.2, 0.25) is 0 Å². The molecule has 5 nitrogen and oxygen atoms in total. The average molecular weight is 259 g/mol. The molecule has 0 bridgehead atoms. The molecule has 2 aromatic heterocycles. The first kappa shape index (κ1) is 12.3. The maximum Gasteiger partial charge on any atom is 0.154 e. The molecule has 19 heavy (non-hydrogen) atoms. The first-order valence-corrected chi connectivity index (χ1v) is 6.42.